The van der Waals surface area contributed by atoms with Gasteiger partial charge in [-0.2, -0.15) is 5.10 Å². The lowest BCUT2D eigenvalue weighted by Gasteiger charge is -2.02. The van der Waals surface area contributed by atoms with Gasteiger partial charge in [-0.1, -0.05) is 18.3 Å². The maximum Gasteiger partial charge on any atom is 0.183 e. The van der Waals surface area contributed by atoms with Crippen LogP contribution in [0.4, 0.5) is 5.13 Å². The quantitative estimate of drug-likeness (QED) is 0.868. The molecule has 0 radical (unpaired) electrons. The molecule has 5 heteroatoms. The summed E-state index contributed by atoms with van der Waals surface area (Å²) in [4.78, 5) is 5.50. The highest BCUT2D eigenvalue weighted by molar-refractivity contribution is 7.18. The summed E-state index contributed by atoms with van der Waals surface area (Å²) in [5.74, 6) is 0. The van der Waals surface area contributed by atoms with Gasteiger partial charge in [0.2, 0.25) is 0 Å². The van der Waals surface area contributed by atoms with Crippen molar-refractivity contribution in [1.29, 1.82) is 0 Å². The van der Waals surface area contributed by atoms with E-state index in [4.69, 9.17) is 0 Å². The Balaban J connectivity index is 2.24. The van der Waals surface area contributed by atoms with Crippen LogP contribution in [0.15, 0.2) is 18.5 Å². The van der Waals surface area contributed by atoms with Crippen LogP contribution in [0, 0.1) is 0 Å². The van der Waals surface area contributed by atoms with Crippen molar-refractivity contribution < 1.29 is 0 Å². The van der Waals surface area contributed by atoms with E-state index in [0.717, 1.165) is 30.3 Å². The first-order valence-electron chi connectivity index (χ1n) is 5.57. The molecule has 4 nitrogen and oxygen atoms in total. The summed E-state index contributed by atoms with van der Waals surface area (Å²) in [6.45, 7) is 6.09. The zero-order valence-electron chi connectivity index (χ0n) is 9.60. The molecule has 2 aromatic heterocycles. The van der Waals surface area contributed by atoms with E-state index in [-0.39, 0.29) is 0 Å². The van der Waals surface area contributed by atoms with E-state index in [9.17, 15) is 0 Å². The molecule has 2 aromatic rings. The Kier molecular flexibility index (Phi) is 3.56. The van der Waals surface area contributed by atoms with Crippen molar-refractivity contribution >= 4 is 16.5 Å². The molecule has 86 valence electrons. The summed E-state index contributed by atoms with van der Waals surface area (Å²) in [6.07, 6.45) is 4.84. The molecule has 0 amide bonds. The van der Waals surface area contributed by atoms with Crippen molar-refractivity contribution in [2.45, 2.75) is 26.8 Å². The van der Waals surface area contributed by atoms with Crippen molar-refractivity contribution in [1.82, 2.24) is 14.8 Å². The monoisotopic (exact) mass is 236 g/mol. The minimum atomic E-state index is 0.904. The van der Waals surface area contributed by atoms with E-state index < -0.39 is 0 Å². The second-order valence-corrected chi connectivity index (χ2v) is 4.53. The molecule has 0 fully saturated rings. The molecular formula is C11H16N4S. The molecule has 0 aliphatic carbocycles. The molecule has 0 aromatic carbocycles. The molecule has 1 N–H and O–H groups in total. The lowest BCUT2D eigenvalue weighted by Crippen LogP contribution is -1.99. The van der Waals surface area contributed by atoms with Gasteiger partial charge in [-0.25, -0.2) is 4.98 Å². The van der Waals surface area contributed by atoms with Crippen LogP contribution in [0.2, 0.25) is 0 Å². The zero-order valence-corrected chi connectivity index (χ0v) is 10.4. The van der Waals surface area contributed by atoms with Gasteiger partial charge in [0.1, 0.15) is 0 Å². The van der Waals surface area contributed by atoms with Gasteiger partial charge in [-0.3, -0.25) is 4.68 Å². The van der Waals surface area contributed by atoms with Crippen LogP contribution in [-0.2, 0) is 6.54 Å². The van der Waals surface area contributed by atoms with Crippen molar-refractivity contribution in [2.75, 3.05) is 11.9 Å². The molecule has 0 aliphatic rings. The SMILES string of the molecule is CCCn1nccc1-c1cnc(NCC)s1. The third-order valence-electron chi connectivity index (χ3n) is 2.24. The zero-order chi connectivity index (χ0) is 11.4. The number of nitrogens with one attached hydrogen (secondary N) is 1. The Bertz CT molecular complexity index is 446. The van der Waals surface area contributed by atoms with Gasteiger partial charge < -0.3 is 5.32 Å². The molecule has 0 unspecified atom stereocenters. The van der Waals surface area contributed by atoms with E-state index in [1.54, 1.807) is 11.3 Å². The molecule has 2 rings (SSSR count). The van der Waals surface area contributed by atoms with Crippen molar-refractivity contribution in [3.8, 4) is 10.6 Å². The van der Waals surface area contributed by atoms with Crippen LogP contribution >= 0.6 is 11.3 Å². The summed E-state index contributed by atoms with van der Waals surface area (Å²) in [6, 6.07) is 2.04. The van der Waals surface area contributed by atoms with Gasteiger partial charge in [0, 0.05) is 25.5 Å². The number of hydrogen-bond acceptors (Lipinski definition) is 4. The first-order chi connectivity index (χ1) is 7.85. The van der Waals surface area contributed by atoms with E-state index in [1.165, 1.54) is 4.88 Å². The molecule has 0 saturated carbocycles. The Morgan fingerprint density at radius 1 is 1.44 bits per heavy atom. The van der Waals surface area contributed by atoms with Gasteiger partial charge in [0.05, 0.1) is 10.6 Å². The number of anilines is 1. The number of rotatable bonds is 5. The number of thiazole rings is 1. The van der Waals surface area contributed by atoms with Gasteiger partial charge >= 0.3 is 0 Å². The summed E-state index contributed by atoms with van der Waals surface area (Å²) in [7, 11) is 0. The third kappa shape index (κ3) is 2.24. The fourth-order valence-corrected chi connectivity index (χ4v) is 2.47. The predicted octanol–water partition coefficient (Wildman–Crippen LogP) is 2.85. The van der Waals surface area contributed by atoms with E-state index >= 15 is 0 Å². The molecule has 16 heavy (non-hydrogen) atoms. The average molecular weight is 236 g/mol. The fourth-order valence-electron chi connectivity index (χ4n) is 1.56. The van der Waals surface area contributed by atoms with Crippen LogP contribution in [0.1, 0.15) is 20.3 Å². The summed E-state index contributed by atoms with van der Waals surface area (Å²) < 4.78 is 2.03. The van der Waals surface area contributed by atoms with Gasteiger partial charge in [0.25, 0.3) is 0 Å². The van der Waals surface area contributed by atoms with Crippen molar-refractivity contribution in [3.05, 3.63) is 18.5 Å². The van der Waals surface area contributed by atoms with Gasteiger partial charge in [0.15, 0.2) is 5.13 Å². The molecule has 0 saturated heterocycles. The lowest BCUT2D eigenvalue weighted by molar-refractivity contribution is 0.609. The molecule has 0 spiro atoms. The Morgan fingerprint density at radius 3 is 3.06 bits per heavy atom. The number of aryl methyl sites for hydroxylation is 1. The second kappa shape index (κ2) is 5.12. The summed E-state index contributed by atoms with van der Waals surface area (Å²) >= 11 is 1.67. The van der Waals surface area contributed by atoms with E-state index in [2.05, 4.69) is 29.2 Å². The summed E-state index contributed by atoms with van der Waals surface area (Å²) in [5.41, 5.74) is 1.16. The normalized spacial score (nSPS) is 10.6. The topological polar surface area (TPSA) is 42.7 Å². The Morgan fingerprint density at radius 2 is 2.31 bits per heavy atom. The second-order valence-electron chi connectivity index (χ2n) is 3.50. The van der Waals surface area contributed by atoms with Crippen LogP contribution in [-0.4, -0.2) is 21.3 Å². The van der Waals surface area contributed by atoms with Crippen LogP contribution < -0.4 is 5.32 Å². The fraction of sp³-hybridized carbons (Fsp3) is 0.455. The van der Waals surface area contributed by atoms with Crippen LogP contribution in [0.25, 0.3) is 10.6 Å². The highest BCUT2D eigenvalue weighted by Crippen LogP contribution is 2.28. The minimum Gasteiger partial charge on any atom is -0.362 e. The van der Waals surface area contributed by atoms with Gasteiger partial charge in [-0.05, 0) is 19.4 Å². The van der Waals surface area contributed by atoms with Crippen molar-refractivity contribution in [2.24, 2.45) is 0 Å². The van der Waals surface area contributed by atoms with Crippen LogP contribution in [0.5, 0.6) is 0 Å². The number of aromatic nitrogens is 3. The highest BCUT2D eigenvalue weighted by atomic mass is 32.1. The molecule has 0 aliphatic heterocycles. The molecule has 2 heterocycles. The standard InChI is InChI=1S/C11H16N4S/c1-3-7-15-9(5-6-14-15)10-8-13-11(16-10)12-4-2/h5-6,8H,3-4,7H2,1-2H3,(H,12,13). The van der Waals surface area contributed by atoms with Crippen LogP contribution in [0.3, 0.4) is 0 Å². The maximum atomic E-state index is 4.33. The Labute approximate surface area is 99.3 Å². The molecule has 0 atom stereocenters. The molecular weight excluding hydrogens is 220 g/mol. The average Bonchev–Trinajstić information content (AvgIpc) is 2.87. The number of nitrogens with zero attached hydrogens (tertiary/aromatic N) is 3. The van der Waals surface area contributed by atoms with E-state index in [1.807, 2.05) is 23.1 Å². The lowest BCUT2D eigenvalue weighted by atomic mass is 10.3. The van der Waals surface area contributed by atoms with Crippen molar-refractivity contribution in [3.63, 3.8) is 0 Å². The summed E-state index contributed by atoms with van der Waals surface area (Å²) in [5, 5.41) is 8.51. The first-order valence-corrected chi connectivity index (χ1v) is 6.38. The minimum absolute atomic E-state index is 0.904. The van der Waals surface area contributed by atoms with Gasteiger partial charge in [-0.15, -0.1) is 0 Å². The highest BCUT2D eigenvalue weighted by Gasteiger charge is 2.08. The first kappa shape index (κ1) is 11.1. The Hall–Kier alpha value is -1.36. The maximum absolute atomic E-state index is 4.33. The number of hydrogen-bond donors (Lipinski definition) is 1. The smallest absolute Gasteiger partial charge is 0.183 e. The molecule has 0 bridgehead atoms. The van der Waals surface area contributed by atoms with E-state index in [0.29, 0.717) is 0 Å². The third-order valence-corrected chi connectivity index (χ3v) is 3.22. The largest absolute Gasteiger partial charge is 0.362 e. The predicted molar refractivity (Wildman–Crippen MR) is 67.8 cm³/mol.